The molecule has 0 spiro atoms. The van der Waals surface area contributed by atoms with E-state index in [1.165, 1.54) is 18.4 Å². The highest BCUT2D eigenvalue weighted by Gasteiger charge is 2.16. The normalized spacial score (nSPS) is 15.9. The van der Waals surface area contributed by atoms with Gasteiger partial charge in [-0.1, -0.05) is 23.7 Å². The van der Waals surface area contributed by atoms with E-state index in [0.29, 0.717) is 0 Å². The van der Waals surface area contributed by atoms with Crippen LogP contribution < -0.4 is 5.32 Å². The second-order valence-corrected chi connectivity index (χ2v) is 5.74. The lowest BCUT2D eigenvalue weighted by Gasteiger charge is -2.17. The molecule has 1 aliphatic rings. The van der Waals surface area contributed by atoms with Crippen LogP contribution in [0, 0.1) is 0 Å². The van der Waals surface area contributed by atoms with E-state index in [0.717, 1.165) is 36.2 Å². The highest BCUT2D eigenvalue weighted by Crippen LogP contribution is 2.18. The summed E-state index contributed by atoms with van der Waals surface area (Å²) in [7, 11) is 0. The van der Waals surface area contributed by atoms with Gasteiger partial charge in [0.25, 0.3) is 0 Å². The van der Waals surface area contributed by atoms with Gasteiger partial charge in [0.05, 0.1) is 6.54 Å². The Morgan fingerprint density at radius 3 is 3.10 bits per heavy atom. The lowest BCUT2D eigenvalue weighted by atomic mass is 10.1. The minimum atomic E-state index is 0.241. The van der Waals surface area contributed by atoms with Crippen molar-refractivity contribution in [2.75, 3.05) is 0 Å². The van der Waals surface area contributed by atoms with Crippen LogP contribution >= 0.6 is 11.6 Å². The predicted molar refractivity (Wildman–Crippen MR) is 79.7 cm³/mol. The molecular weight excluding hydrogens is 272 g/mol. The van der Waals surface area contributed by atoms with Crippen molar-refractivity contribution in [3.63, 3.8) is 0 Å². The lowest BCUT2D eigenvalue weighted by Crippen LogP contribution is -2.22. The Kier molecular flexibility index (Phi) is 4.03. The fraction of sp³-hybridized carbons (Fsp3) is 0.467. The molecule has 3 rings (SSSR count). The van der Waals surface area contributed by atoms with Crippen LogP contribution in [-0.4, -0.2) is 14.8 Å². The first-order valence-electron chi connectivity index (χ1n) is 7.14. The zero-order valence-corrected chi connectivity index (χ0v) is 12.4. The zero-order valence-electron chi connectivity index (χ0n) is 11.6. The van der Waals surface area contributed by atoms with E-state index < -0.39 is 0 Å². The number of aryl methyl sites for hydroxylation is 1. The van der Waals surface area contributed by atoms with Gasteiger partial charge >= 0.3 is 0 Å². The van der Waals surface area contributed by atoms with Crippen molar-refractivity contribution in [1.82, 2.24) is 20.1 Å². The Morgan fingerprint density at radius 1 is 1.35 bits per heavy atom. The van der Waals surface area contributed by atoms with E-state index in [2.05, 4.69) is 33.1 Å². The summed E-state index contributed by atoms with van der Waals surface area (Å²) in [6, 6.07) is 8.20. The highest BCUT2D eigenvalue weighted by molar-refractivity contribution is 6.30. The third-order valence-corrected chi connectivity index (χ3v) is 4.09. The zero-order chi connectivity index (χ0) is 13.9. The molecule has 0 fully saturated rings. The molecule has 0 aliphatic carbocycles. The van der Waals surface area contributed by atoms with E-state index in [1.54, 1.807) is 0 Å². The van der Waals surface area contributed by atoms with Gasteiger partial charge in [0, 0.05) is 24.0 Å². The Bertz CT molecular complexity index is 593. The van der Waals surface area contributed by atoms with Gasteiger partial charge in [-0.05, 0) is 37.5 Å². The van der Waals surface area contributed by atoms with Crippen LogP contribution in [0.1, 0.15) is 43.0 Å². The number of nitrogens with zero attached hydrogens (tertiary/aromatic N) is 3. The van der Waals surface area contributed by atoms with Gasteiger partial charge in [-0.2, -0.15) is 0 Å². The molecule has 0 saturated heterocycles. The van der Waals surface area contributed by atoms with Gasteiger partial charge in [-0.25, -0.2) is 0 Å². The van der Waals surface area contributed by atoms with Gasteiger partial charge in [0.2, 0.25) is 0 Å². The number of halogens is 1. The Labute approximate surface area is 124 Å². The summed E-state index contributed by atoms with van der Waals surface area (Å²) in [6.45, 7) is 3.92. The molecule has 0 radical (unpaired) electrons. The van der Waals surface area contributed by atoms with Crippen molar-refractivity contribution >= 4 is 11.6 Å². The second kappa shape index (κ2) is 5.94. The largest absolute Gasteiger partial charge is 0.314 e. The molecule has 106 valence electrons. The summed E-state index contributed by atoms with van der Waals surface area (Å²) in [5.41, 5.74) is 1.19. The fourth-order valence-corrected chi connectivity index (χ4v) is 2.84. The van der Waals surface area contributed by atoms with E-state index in [1.807, 2.05) is 18.2 Å². The second-order valence-electron chi connectivity index (χ2n) is 5.30. The molecule has 0 amide bonds. The number of hydrogen-bond donors (Lipinski definition) is 1. The van der Waals surface area contributed by atoms with Crippen molar-refractivity contribution in [2.45, 2.75) is 45.3 Å². The van der Waals surface area contributed by atoms with E-state index in [-0.39, 0.29) is 6.04 Å². The molecule has 1 aromatic heterocycles. The number of hydrogen-bond acceptors (Lipinski definition) is 3. The number of rotatable bonds is 4. The first-order chi connectivity index (χ1) is 9.74. The topological polar surface area (TPSA) is 42.7 Å². The summed E-state index contributed by atoms with van der Waals surface area (Å²) >= 11 is 6.03. The summed E-state index contributed by atoms with van der Waals surface area (Å²) in [5, 5.41) is 12.8. The molecule has 0 bridgehead atoms. The first kappa shape index (κ1) is 13.6. The van der Waals surface area contributed by atoms with Crippen LogP contribution in [0.4, 0.5) is 0 Å². The highest BCUT2D eigenvalue weighted by atomic mass is 35.5. The molecule has 1 N–H and O–H groups in total. The summed E-state index contributed by atoms with van der Waals surface area (Å²) in [4.78, 5) is 0. The Morgan fingerprint density at radius 2 is 2.25 bits per heavy atom. The Hall–Kier alpha value is -1.39. The monoisotopic (exact) mass is 290 g/mol. The van der Waals surface area contributed by atoms with Crippen LogP contribution in [0.25, 0.3) is 0 Å². The van der Waals surface area contributed by atoms with Crippen molar-refractivity contribution < 1.29 is 0 Å². The number of benzene rings is 1. The molecule has 2 aromatic rings. The third-order valence-electron chi connectivity index (χ3n) is 3.85. The van der Waals surface area contributed by atoms with Crippen LogP contribution in [-0.2, 0) is 19.5 Å². The standard InChI is InChI=1S/C15H19ClN4/c1-11(12-5-4-6-13(16)9-12)17-10-15-19-18-14-7-2-3-8-20(14)15/h4-6,9,11,17H,2-3,7-8,10H2,1H3. The SMILES string of the molecule is CC(NCc1nnc2n1CCCC2)c1cccc(Cl)c1. The smallest absolute Gasteiger partial charge is 0.147 e. The molecule has 1 unspecified atom stereocenters. The van der Waals surface area contributed by atoms with Gasteiger partial charge in [0.15, 0.2) is 0 Å². The summed E-state index contributed by atoms with van der Waals surface area (Å²) < 4.78 is 2.25. The van der Waals surface area contributed by atoms with Gasteiger partial charge in [-0.15, -0.1) is 10.2 Å². The van der Waals surface area contributed by atoms with Crippen molar-refractivity contribution in [3.05, 3.63) is 46.5 Å². The molecule has 0 saturated carbocycles. The number of fused-ring (bicyclic) bond motifs is 1. The summed E-state index contributed by atoms with van der Waals surface area (Å²) in [6.07, 6.45) is 3.50. The number of aromatic nitrogens is 3. The van der Waals surface area contributed by atoms with E-state index in [9.17, 15) is 0 Å². The maximum atomic E-state index is 6.03. The minimum absolute atomic E-state index is 0.241. The van der Waals surface area contributed by atoms with Crippen LogP contribution in [0.15, 0.2) is 24.3 Å². The molecule has 4 nitrogen and oxygen atoms in total. The van der Waals surface area contributed by atoms with Crippen molar-refractivity contribution in [1.29, 1.82) is 0 Å². The van der Waals surface area contributed by atoms with E-state index in [4.69, 9.17) is 11.6 Å². The molecule has 1 atom stereocenters. The van der Waals surface area contributed by atoms with Crippen LogP contribution in [0.2, 0.25) is 5.02 Å². The van der Waals surface area contributed by atoms with Crippen LogP contribution in [0.5, 0.6) is 0 Å². The summed E-state index contributed by atoms with van der Waals surface area (Å²) in [5.74, 6) is 2.16. The quantitative estimate of drug-likeness (QED) is 0.941. The van der Waals surface area contributed by atoms with Gasteiger partial charge in [-0.3, -0.25) is 0 Å². The molecule has 20 heavy (non-hydrogen) atoms. The maximum absolute atomic E-state index is 6.03. The fourth-order valence-electron chi connectivity index (χ4n) is 2.64. The number of nitrogens with one attached hydrogen (secondary N) is 1. The molecule has 5 heteroatoms. The average molecular weight is 291 g/mol. The van der Waals surface area contributed by atoms with Gasteiger partial charge < -0.3 is 9.88 Å². The lowest BCUT2D eigenvalue weighted by molar-refractivity contribution is 0.484. The first-order valence-corrected chi connectivity index (χ1v) is 7.51. The predicted octanol–water partition coefficient (Wildman–Crippen LogP) is 3.12. The molecule has 2 heterocycles. The Balaban J connectivity index is 1.66. The minimum Gasteiger partial charge on any atom is -0.314 e. The van der Waals surface area contributed by atoms with Crippen LogP contribution in [0.3, 0.4) is 0 Å². The van der Waals surface area contributed by atoms with Gasteiger partial charge in [0.1, 0.15) is 11.6 Å². The maximum Gasteiger partial charge on any atom is 0.147 e. The third kappa shape index (κ3) is 2.86. The molecule has 1 aliphatic heterocycles. The van der Waals surface area contributed by atoms with Crippen molar-refractivity contribution in [2.24, 2.45) is 0 Å². The van der Waals surface area contributed by atoms with Crippen molar-refractivity contribution in [3.8, 4) is 0 Å². The molecule has 1 aromatic carbocycles. The van der Waals surface area contributed by atoms with E-state index >= 15 is 0 Å². The average Bonchev–Trinajstić information content (AvgIpc) is 2.88. The molecular formula is C15H19ClN4.